The number of rotatable bonds is 3. The molecule has 0 atom stereocenters. The summed E-state index contributed by atoms with van der Waals surface area (Å²) in [6.45, 7) is 1.71. The summed E-state index contributed by atoms with van der Waals surface area (Å²) in [7, 11) is 3.47. The van der Waals surface area contributed by atoms with Crippen LogP contribution in [0.5, 0.6) is 0 Å². The molecule has 0 bridgehead atoms. The Labute approximate surface area is 168 Å². The summed E-state index contributed by atoms with van der Waals surface area (Å²) in [5.41, 5.74) is 1.35. The molecule has 1 aliphatic heterocycles. The molecule has 0 spiro atoms. The molecule has 0 unspecified atom stereocenters. The van der Waals surface area contributed by atoms with Crippen LogP contribution in [-0.4, -0.2) is 53.2 Å². The number of aryl methyl sites for hydroxylation is 1. The molecule has 1 saturated heterocycles. The molecular weight excluding hydrogens is 450 g/mol. The smallest absolute Gasteiger partial charge is 0.246 e. The highest BCUT2D eigenvalue weighted by Crippen LogP contribution is 2.16. The predicted molar refractivity (Wildman–Crippen MR) is 109 cm³/mol. The number of benzene rings is 1. The largest absolute Gasteiger partial charge is 0.352 e. The van der Waals surface area contributed by atoms with E-state index in [9.17, 15) is 9.18 Å². The molecule has 1 fully saturated rings. The van der Waals surface area contributed by atoms with Gasteiger partial charge in [0, 0.05) is 45.5 Å². The number of piperazine rings is 1. The minimum atomic E-state index is -0.261. The topological polar surface area (TPSA) is 65.8 Å². The molecule has 1 N–H and O–H groups in total. The summed E-state index contributed by atoms with van der Waals surface area (Å²) in [5, 5.41) is 7.23. The Balaban J connectivity index is 0.00000243. The van der Waals surface area contributed by atoms with Crippen molar-refractivity contribution >= 4 is 41.5 Å². The number of hydrogen-bond acceptors (Lipinski definition) is 3. The van der Waals surface area contributed by atoms with Crippen LogP contribution in [-0.2, 0) is 18.4 Å². The van der Waals surface area contributed by atoms with E-state index in [0.29, 0.717) is 31.2 Å². The van der Waals surface area contributed by atoms with Crippen molar-refractivity contribution in [3.63, 3.8) is 0 Å². The van der Waals surface area contributed by atoms with Crippen LogP contribution in [0.2, 0.25) is 0 Å². The fraction of sp³-hybridized carbons (Fsp3) is 0.353. The molecule has 0 aliphatic carbocycles. The Morgan fingerprint density at radius 2 is 2.12 bits per heavy atom. The number of nitrogens with zero attached hydrogens (tertiary/aromatic N) is 5. The second kappa shape index (κ2) is 8.97. The molecule has 140 valence electrons. The molecule has 9 heteroatoms. The second-order valence-electron chi connectivity index (χ2n) is 5.83. The van der Waals surface area contributed by atoms with Crippen molar-refractivity contribution in [3.05, 3.63) is 48.0 Å². The lowest BCUT2D eigenvalue weighted by molar-refractivity contribution is -0.120. The van der Waals surface area contributed by atoms with E-state index in [4.69, 9.17) is 0 Å². The molecule has 2 aromatic rings. The average molecular weight is 472 g/mol. The predicted octanol–water partition coefficient (Wildman–Crippen LogP) is 1.60. The first-order valence-electron chi connectivity index (χ1n) is 8.06. The summed E-state index contributed by atoms with van der Waals surface area (Å²) in [6.07, 6.45) is 3.50. The number of halogens is 2. The Bertz CT molecular complexity index is 793. The standard InChI is InChI=1S/C17H21FN6O.HI/c1-19-17(20-9-13-5-3-4-6-15(13)18)23-7-8-24(16(25)12-23)14-10-21-22(2)11-14;/h3-6,10-11H,7-9,12H2,1-2H3,(H,19,20);1H. The molecule has 0 radical (unpaired) electrons. The molecule has 3 rings (SSSR count). The Kier molecular flexibility index (Phi) is 6.95. The molecule has 1 aliphatic rings. The van der Waals surface area contributed by atoms with Crippen LogP contribution >= 0.6 is 24.0 Å². The van der Waals surface area contributed by atoms with E-state index in [1.165, 1.54) is 6.07 Å². The number of hydrogen-bond donors (Lipinski definition) is 1. The quantitative estimate of drug-likeness (QED) is 0.419. The maximum Gasteiger partial charge on any atom is 0.246 e. The van der Waals surface area contributed by atoms with E-state index < -0.39 is 0 Å². The third kappa shape index (κ3) is 4.51. The van der Waals surface area contributed by atoms with Crippen LogP contribution in [0.1, 0.15) is 5.56 Å². The van der Waals surface area contributed by atoms with Crippen molar-refractivity contribution in [1.29, 1.82) is 0 Å². The van der Waals surface area contributed by atoms with E-state index in [1.54, 1.807) is 41.0 Å². The second-order valence-corrected chi connectivity index (χ2v) is 5.83. The number of aliphatic imine (C=N–C) groups is 1. The van der Waals surface area contributed by atoms with Gasteiger partial charge in [-0.1, -0.05) is 18.2 Å². The number of nitrogens with one attached hydrogen (secondary N) is 1. The molecule has 1 aromatic carbocycles. The number of anilines is 1. The van der Waals surface area contributed by atoms with Gasteiger partial charge in [-0.25, -0.2) is 4.39 Å². The zero-order valence-electron chi connectivity index (χ0n) is 14.7. The van der Waals surface area contributed by atoms with Gasteiger partial charge in [0.05, 0.1) is 11.9 Å². The summed E-state index contributed by atoms with van der Waals surface area (Å²) < 4.78 is 15.4. The van der Waals surface area contributed by atoms with Crippen molar-refractivity contribution in [3.8, 4) is 0 Å². The van der Waals surface area contributed by atoms with E-state index in [1.807, 2.05) is 18.1 Å². The van der Waals surface area contributed by atoms with Crippen LogP contribution in [0, 0.1) is 5.82 Å². The van der Waals surface area contributed by atoms with Crippen molar-refractivity contribution in [2.24, 2.45) is 12.0 Å². The number of aromatic nitrogens is 2. The van der Waals surface area contributed by atoms with Crippen molar-refractivity contribution in [1.82, 2.24) is 20.0 Å². The van der Waals surface area contributed by atoms with Gasteiger partial charge in [0.15, 0.2) is 5.96 Å². The van der Waals surface area contributed by atoms with Crippen molar-refractivity contribution < 1.29 is 9.18 Å². The van der Waals surface area contributed by atoms with E-state index >= 15 is 0 Å². The zero-order chi connectivity index (χ0) is 17.8. The molecule has 26 heavy (non-hydrogen) atoms. The van der Waals surface area contributed by atoms with Crippen LogP contribution in [0.4, 0.5) is 10.1 Å². The summed E-state index contributed by atoms with van der Waals surface area (Å²) in [4.78, 5) is 20.3. The Hall–Kier alpha value is -2.17. The van der Waals surface area contributed by atoms with Gasteiger partial charge in [-0.3, -0.25) is 14.5 Å². The van der Waals surface area contributed by atoms with E-state index in [-0.39, 0.29) is 42.2 Å². The molecule has 7 nitrogen and oxygen atoms in total. The molecule has 1 amide bonds. The molecule has 1 aromatic heterocycles. The van der Waals surface area contributed by atoms with Gasteiger partial charge in [-0.15, -0.1) is 24.0 Å². The van der Waals surface area contributed by atoms with Gasteiger partial charge in [0.2, 0.25) is 5.91 Å². The Morgan fingerprint density at radius 1 is 1.35 bits per heavy atom. The number of guanidine groups is 1. The first-order chi connectivity index (χ1) is 12.1. The lowest BCUT2D eigenvalue weighted by Gasteiger charge is -2.35. The minimum Gasteiger partial charge on any atom is -0.352 e. The van der Waals surface area contributed by atoms with Crippen LogP contribution in [0.3, 0.4) is 0 Å². The summed E-state index contributed by atoms with van der Waals surface area (Å²) in [5.74, 6) is 0.304. The van der Waals surface area contributed by atoms with Gasteiger partial charge < -0.3 is 15.1 Å². The normalized spacial score (nSPS) is 15.0. The fourth-order valence-electron chi connectivity index (χ4n) is 2.82. The minimum absolute atomic E-state index is 0. The van der Waals surface area contributed by atoms with E-state index in [0.717, 1.165) is 5.69 Å². The van der Waals surface area contributed by atoms with Crippen LogP contribution in [0.25, 0.3) is 0 Å². The van der Waals surface area contributed by atoms with Gasteiger partial charge in [0.25, 0.3) is 0 Å². The van der Waals surface area contributed by atoms with E-state index in [2.05, 4.69) is 15.4 Å². The fourth-order valence-corrected chi connectivity index (χ4v) is 2.82. The highest BCUT2D eigenvalue weighted by atomic mass is 127. The first-order valence-corrected chi connectivity index (χ1v) is 8.06. The number of carbonyl (C=O) groups is 1. The van der Waals surface area contributed by atoms with Gasteiger partial charge in [-0.05, 0) is 6.07 Å². The first kappa shape index (κ1) is 20.1. The van der Waals surface area contributed by atoms with Crippen molar-refractivity contribution in [2.45, 2.75) is 6.54 Å². The van der Waals surface area contributed by atoms with Crippen LogP contribution in [0.15, 0.2) is 41.7 Å². The highest BCUT2D eigenvalue weighted by Gasteiger charge is 2.27. The summed E-state index contributed by atoms with van der Waals surface area (Å²) in [6, 6.07) is 6.60. The van der Waals surface area contributed by atoms with Crippen molar-refractivity contribution in [2.75, 3.05) is 31.6 Å². The average Bonchev–Trinajstić information content (AvgIpc) is 3.03. The zero-order valence-corrected chi connectivity index (χ0v) is 17.1. The maximum atomic E-state index is 13.7. The SMILES string of the molecule is CN=C(NCc1ccccc1F)N1CCN(c2cnn(C)c2)C(=O)C1.I. The van der Waals surface area contributed by atoms with Gasteiger partial charge in [0.1, 0.15) is 12.4 Å². The maximum absolute atomic E-state index is 13.7. The lowest BCUT2D eigenvalue weighted by Crippen LogP contribution is -2.55. The van der Waals surface area contributed by atoms with Gasteiger partial charge in [-0.2, -0.15) is 5.10 Å². The molecular formula is C17H22FIN6O. The number of amides is 1. The highest BCUT2D eigenvalue weighted by molar-refractivity contribution is 14.0. The van der Waals surface area contributed by atoms with Gasteiger partial charge >= 0.3 is 0 Å². The van der Waals surface area contributed by atoms with Crippen LogP contribution < -0.4 is 10.2 Å². The monoisotopic (exact) mass is 472 g/mol. The summed E-state index contributed by atoms with van der Waals surface area (Å²) >= 11 is 0. The molecule has 2 heterocycles. The number of carbonyl (C=O) groups excluding carboxylic acids is 1. The third-order valence-corrected chi connectivity index (χ3v) is 4.13. The lowest BCUT2D eigenvalue weighted by atomic mass is 10.2. The third-order valence-electron chi connectivity index (χ3n) is 4.13. The Morgan fingerprint density at radius 3 is 2.73 bits per heavy atom. The molecule has 0 saturated carbocycles.